The van der Waals surface area contributed by atoms with Crippen LogP contribution in [0.3, 0.4) is 0 Å². The van der Waals surface area contributed by atoms with E-state index in [1.807, 2.05) is 30.3 Å². The average Bonchev–Trinajstić information content (AvgIpc) is 2.78. The number of benzene rings is 3. The maximum absolute atomic E-state index is 12.1. The van der Waals surface area contributed by atoms with Crippen molar-refractivity contribution >= 4 is 34.7 Å². The third-order valence-corrected chi connectivity index (χ3v) is 4.98. The molecule has 6 nitrogen and oxygen atoms in total. The maximum atomic E-state index is 12.1. The van der Waals surface area contributed by atoms with E-state index in [0.717, 1.165) is 14.7 Å². The molecule has 0 saturated heterocycles. The van der Waals surface area contributed by atoms with Gasteiger partial charge in [0.15, 0.2) is 11.5 Å². The number of rotatable bonds is 7. The van der Waals surface area contributed by atoms with Crippen molar-refractivity contribution in [2.24, 2.45) is 5.10 Å². The second kappa shape index (κ2) is 10.4. The van der Waals surface area contributed by atoms with E-state index >= 15 is 0 Å². The minimum atomic E-state index is -0.287. The molecule has 1 amide bonds. The first-order valence-electron chi connectivity index (χ1n) is 8.99. The Morgan fingerprint density at radius 2 is 1.90 bits per heavy atom. The Balaban J connectivity index is 1.72. The van der Waals surface area contributed by atoms with E-state index in [4.69, 9.17) is 9.47 Å². The molecule has 1 N–H and O–H groups in total. The van der Waals surface area contributed by atoms with Crippen LogP contribution in [-0.4, -0.2) is 19.2 Å². The lowest BCUT2D eigenvalue weighted by Crippen LogP contribution is -2.17. The summed E-state index contributed by atoms with van der Waals surface area (Å²) in [6, 6.07) is 22.0. The summed E-state index contributed by atoms with van der Waals surface area (Å²) in [4.78, 5) is 12.1. The highest BCUT2D eigenvalue weighted by Crippen LogP contribution is 2.34. The summed E-state index contributed by atoms with van der Waals surface area (Å²) < 4.78 is 12.2. The van der Waals surface area contributed by atoms with Crippen LogP contribution in [0.2, 0.25) is 0 Å². The Hall–Kier alpha value is -3.38. The summed E-state index contributed by atoms with van der Waals surface area (Å²) in [6.07, 6.45) is 1.54. The van der Waals surface area contributed by atoms with Crippen LogP contribution in [0.25, 0.3) is 0 Å². The van der Waals surface area contributed by atoms with Crippen molar-refractivity contribution in [3.63, 3.8) is 0 Å². The van der Waals surface area contributed by atoms with Crippen molar-refractivity contribution in [1.29, 1.82) is 5.26 Å². The first kappa shape index (κ1) is 21.3. The molecular formula is C23H18IN3O3. The molecule has 0 saturated carbocycles. The Morgan fingerprint density at radius 1 is 1.17 bits per heavy atom. The van der Waals surface area contributed by atoms with Gasteiger partial charge in [-0.25, -0.2) is 5.43 Å². The lowest BCUT2D eigenvalue weighted by Gasteiger charge is -2.14. The predicted molar refractivity (Wildman–Crippen MR) is 123 cm³/mol. The summed E-state index contributed by atoms with van der Waals surface area (Å²) in [7, 11) is 1.56. The van der Waals surface area contributed by atoms with Crippen molar-refractivity contribution in [3.8, 4) is 17.6 Å². The quantitative estimate of drug-likeness (QED) is 0.288. The SMILES string of the molecule is COc1cc(/C=N\NC(=O)c2ccccc2)cc(I)c1OCc1ccccc1C#N. The van der Waals surface area contributed by atoms with Crippen LogP contribution < -0.4 is 14.9 Å². The Morgan fingerprint density at radius 3 is 2.63 bits per heavy atom. The summed E-state index contributed by atoms with van der Waals surface area (Å²) >= 11 is 2.15. The van der Waals surface area contributed by atoms with Gasteiger partial charge in [0.05, 0.1) is 28.5 Å². The fraction of sp³-hybridized carbons (Fsp3) is 0.0870. The molecule has 3 aromatic carbocycles. The van der Waals surface area contributed by atoms with Gasteiger partial charge in [0.2, 0.25) is 0 Å². The number of nitrogens with one attached hydrogen (secondary N) is 1. The van der Waals surface area contributed by atoms with E-state index in [1.165, 1.54) is 0 Å². The predicted octanol–water partition coefficient (Wildman–Crippen LogP) is 4.51. The zero-order chi connectivity index (χ0) is 21.3. The average molecular weight is 511 g/mol. The third-order valence-electron chi connectivity index (χ3n) is 4.18. The molecule has 0 aromatic heterocycles. The smallest absolute Gasteiger partial charge is 0.271 e. The van der Waals surface area contributed by atoms with Crippen molar-refractivity contribution in [3.05, 3.63) is 92.6 Å². The van der Waals surface area contributed by atoms with E-state index in [2.05, 4.69) is 39.2 Å². The molecule has 0 fully saturated rings. The number of hydrazone groups is 1. The van der Waals surface area contributed by atoms with Gasteiger partial charge in [-0.1, -0.05) is 36.4 Å². The summed E-state index contributed by atoms with van der Waals surface area (Å²) in [6.45, 7) is 0.247. The zero-order valence-electron chi connectivity index (χ0n) is 16.1. The fourth-order valence-corrected chi connectivity index (χ4v) is 3.46. The van der Waals surface area contributed by atoms with E-state index in [1.54, 1.807) is 49.7 Å². The number of carbonyl (C=O) groups excluding carboxylic acids is 1. The molecular weight excluding hydrogens is 493 g/mol. The Kier molecular flexibility index (Phi) is 7.40. The highest BCUT2D eigenvalue weighted by atomic mass is 127. The molecule has 0 bridgehead atoms. The topological polar surface area (TPSA) is 83.7 Å². The number of ether oxygens (including phenoxy) is 2. The second-order valence-electron chi connectivity index (χ2n) is 6.16. The number of hydrogen-bond acceptors (Lipinski definition) is 5. The molecule has 150 valence electrons. The number of hydrogen-bond donors (Lipinski definition) is 1. The molecule has 7 heteroatoms. The first-order valence-corrected chi connectivity index (χ1v) is 10.1. The van der Waals surface area contributed by atoms with Crippen LogP contribution in [0.5, 0.6) is 11.5 Å². The van der Waals surface area contributed by atoms with Crippen molar-refractivity contribution < 1.29 is 14.3 Å². The molecule has 0 aliphatic heterocycles. The number of amides is 1. The summed E-state index contributed by atoms with van der Waals surface area (Å²) in [5.41, 5.74) is 5.15. The molecule has 3 rings (SSSR count). The minimum Gasteiger partial charge on any atom is -0.493 e. The second-order valence-corrected chi connectivity index (χ2v) is 7.32. The van der Waals surface area contributed by atoms with E-state index in [9.17, 15) is 10.1 Å². The number of methoxy groups -OCH3 is 1. The van der Waals surface area contributed by atoms with Crippen LogP contribution >= 0.6 is 22.6 Å². The van der Waals surface area contributed by atoms with Gasteiger partial charge in [-0.2, -0.15) is 10.4 Å². The molecule has 0 atom stereocenters. The summed E-state index contributed by atoms with van der Waals surface area (Å²) in [5, 5.41) is 13.2. The van der Waals surface area contributed by atoms with E-state index < -0.39 is 0 Å². The van der Waals surface area contributed by atoms with Gasteiger partial charge in [-0.05, 0) is 58.5 Å². The monoisotopic (exact) mass is 511 g/mol. The van der Waals surface area contributed by atoms with Gasteiger partial charge in [-0.15, -0.1) is 0 Å². The van der Waals surface area contributed by atoms with Crippen molar-refractivity contribution in [2.45, 2.75) is 6.61 Å². The highest BCUT2D eigenvalue weighted by Gasteiger charge is 2.12. The molecule has 0 aliphatic rings. The molecule has 0 aliphatic carbocycles. The van der Waals surface area contributed by atoms with E-state index in [0.29, 0.717) is 22.6 Å². The summed E-state index contributed by atoms with van der Waals surface area (Å²) in [5.74, 6) is 0.827. The van der Waals surface area contributed by atoms with Crippen LogP contribution in [0.15, 0.2) is 71.8 Å². The lowest BCUT2D eigenvalue weighted by molar-refractivity contribution is 0.0955. The van der Waals surface area contributed by atoms with E-state index in [-0.39, 0.29) is 12.5 Å². The van der Waals surface area contributed by atoms with Crippen LogP contribution in [0.4, 0.5) is 0 Å². The Bertz CT molecular complexity index is 1110. The number of halogens is 1. The highest BCUT2D eigenvalue weighted by molar-refractivity contribution is 14.1. The third kappa shape index (κ3) is 5.36. The Labute approximate surface area is 188 Å². The van der Waals surface area contributed by atoms with Gasteiger partial charge >= 0.3 is 0 Å². The van der Waals surface area contributed by atoms with Crippen LogP contribution in [0.1, 0.15) is 27.0 Å². The number of nitriles is 1. The largest absolute Gasteiger partial charge is 0.493 e. The van der Waals surface area contributed by atoms with Gasteiger partial charge in [0.25, 0.3) is 5.91 Å². The van der Waals surface area contributed by atoms with Gasteiger partial charge < -0.3 is 9.47 Å². The lowest BCUT2D eigenvalue weighted by atomic mass is 10.1. The zero-order valence-corrected chi connectivity index (χ0v) is 18.3. The normalized spacial score (nSPS) is 10.4. The van der Waals surface area contributed by atoms with Gasteiger partial charge in [0.1, 0.15) is 6.61 Å². The van der Waals surface area contributed by atoms with Crippen molar-refractivity contribution in [2.75, 3.05) is 7.11 Å². The maximum Gasteiger partial charge on any atom is 0.271 e. The first-order chi connectivity index (χ1) is 14.6. The molecule has 30 heavy (non-hydrogen) atoms. The molecule has 0 spiro atoms. The van der Waals surface area contributed by atoms with Crippen LogP contribution in [-0.2, 0) is 6.61 Å². The van der Waals surface area contributed by atoms with Crippen molar-refractivity contribution in [1.82, 2.24) is 5.43 Å². The van der Waals surface area contributed by atoms with Gasteiger partial charge in [0, 0.05) is 11.1 Å². The van der Waals surface area contributed by atoms with Crippen LogP contribution in [0, 0.1) is 14.9 Å². The molecule has 3 aromatic rings. The molecule has 0 unspecified atom stereocenters. The fourth-order valence-electron chi connectivity index (χ4n) is 2.68. The number of carbonyl (C=O) groups is 1. The standard InChI is InChI=1S/C23H18IN3O3/c1-29-21-12-16(14-26-27-23(28)17-7-3-2-4-8-17)11-20(24)22(21)30-15-19-10-6-5-9-18(19)13-25/h2-12,14H,15H2,1H3,(H,27,28)/b26-14-. The molecule has 0 radical (unpaired) electrons. The van der Waals surface area contributed by atoms with Gasteiger partial charge in [-0.3, -0.25) is 4.79 Å². The number of nitrogens with zero attached hydrogens (tertiary/aromatic N) is 2. The molecule has 0 heterocycles. The minimum absolute atomic E-state index is 0.247.